The van der Waals surface area contributed by atoms with Crippen molar-refractivity contribution in [3.63, 3.8) is 0 Å². The van der Waals surface area contributed by atoms with Crippen LogP contribution in [0.4, 0.5) is 0 Å². The number of nitrogens with zero attached hydrogens (tertiary/aromatic N) is 1. The molecular formula is C13H26N2O. The molecule has 0 bridgehead atoms. The predicted octanol–water partition coefficient (Wildman–Crippen LogP) is 1.36. The first-order valence-corrected chi connectivity index (χ1v) is 6.90. The molecule has 2 rings (SSSR count). The summed E-state index contributed by atoms with van der Waals surface area (Å²) in [5.74, 6) is 0. The number of hydrogen-bond acceptors (Lipinski definition) is 3. The number of likely N-dealkylation sites (tertiary alicyclic amines) is 1. The van der Waals surface area contributed by atoms with E-state index >= 15 is 0 Å². The molecule has 3 heteroatoms. The first-order chi connectivity index (χ1) is 7.79. The van der Waals surface area contributed by atoms with E-state index in [1.807, 2.05) is 0 Å². The molecule has 2 fully saturated rings. The van der Waals surface area contributed by atoms with Crippen LogP contribution in [0.3, 0.4) is 0 Å². The molecule has 0 radical (unpaired) electrons. The first kappa shape index (κ1) is 12.3. The lowest BCUT2D eigenvalue weighted by Gasteiger charge is -2.34. The van der Waals surface area contributed by atoms with Crippen LogP contribution in [-0.2, 0) is 0 Å². The van der Waals surface area contributed by atoms with Gasteiger partial charge in [-0.15, -0.1) is 0 Å². The summed E-state index contributed by atoms with van der Waals surface area (Å²) in [6, 6.07) is 1.77. The predicted molar refractivity (Wildman–Crippen MR) is 66.5 cm³/mol. The smallest absolute Gasteiger partial charge is 0.0585 e. The molecule has 1 saturated carbocycles. The molecule has 2 atom stereocenters. The largest absolute Gasteiger partial charge is 0.395 e. The van der Waals surface area contributed by atoms with Crippen LogP contribution in [0.2, 0.25) is 0 Å². The van der Waals surface area contributed by atoms with Gasteiger partial charge in [0.15, 0.2) is 0 Å². The van der Waals surface area contributed by atoms with Crippen molar-refractivity contribution < 1.29 is 5.11 Å². The van der Waals surface area contributed by atoms with E-state index in [0.717, 1.165) is 19.0 Å². The summed E-state index contributed by atoms with van der Waals surface area (Å²) >= 11 is 0. The highest BCUT2D eigenvalue weighted by molar-refractivity contribution is 4.85. The highest BCUT2D eigenvalue weighted by Gasteiger charge is 2.25. The lowest BCUT2D eigenvalue weighted by molar-refractivity contribution is 0.142. The van der Waals surface area contributed by atoms with E-state index in [4.69, 9.17) is 0 Å². The van der Waals surface area contributed by atoms with Gasteiger partial charge in [-0.3, -0.25) is 0 Å². The van der Waals surface area contributed by atoms with Crippen LogP contribution in [0, 0.1) is 0 Å². The maximum Gasteiger partial charge on any atom is 0.0585 e. The van der Waals surface area contributed by atoms with Gasteiger partial charge in [-0.05, 0) is 52.1 Å². The minimum Gasteiger partial charge on any atom is -0.395 e. The van der Waals surface area contributed by atoms with E-state index < -0.39 is 0 Å². The summed E-state index contributed by atoms with van der Waals surface area (Å²) < 4.78 is 0. The zero-order valence-electron chi connectivity index (χ0n) is 10.5. The van der Waals surface area contributed by atoms with Crippen LogP contribution in [0.5, 0.6) is 0 Å². The Hall–Kier alpha value is -0.120. The van der Waals surface area contributed by atoms with Crippen LogP contribution in [0.25, 0.3) is 0 Å². The number of nitrogens with one attached hydrogen (secondary N) is 1. The van der Waals surface area contributed by atoms with Crippen LogP contribution in [0.15, 0.2) is 0 Å². The van der Waals surface area contributed by atoms with Crippen molar-refractivity contribution in [1.29, 1.82) is 0 Å². The molecule has 1 aliphatic carbocycles. The van der Waals surface area contributed by atoms with Gasteiger partial charge in [0.05, 0.1) is 6.61 Å². The Labute approximate surface area is 99.2 Å². The number of aliphatic hydroxyl groups is 1. The van der Waals surface area contributed by atoms with Gasteiger partial charge in [0.2, 0.25) is 0 Å². The summed E-state index contributed by atoms with van der Waals surface area (Å²) in [6.45, 7) is 5.02. The van der Waals surface area contributed by atoms with E-state index in [9.17, 15) is 5.11 Å². The van der Waals surface area contributed by atoms with Crippen molar-refractivity contribution in [2.45, 2.75) is 63.6 Å². The van der Waals surface area contributed by atoms with E-state index in [2.05, 4.69) is 17.1 Å². The van der Waals surface area contributed by atoms with E-state index in [-0.39, 0.29) is 0 Å². The molecule has 16 heavy (non-hydrogen) atoms. The molecule has 94 valence electrons. The highest BCUT2D eigenvalue weighted by Crippen LogP contribution is 2.21. The zero-order chi connectivity index (χ0) is 11.4. The SMILES string of the molecule is CC1CCCCN1CCC(CO)NC1CC1. The number of piperidine rings is 1. The molecule has 3 nitrogen and oxygen atoms in total. The van der Waals surface area contributed by atoms with Gasteiger partial charge in [0.25, 0.3) is 0 Å². The average molecular weight is 226 g/mol. The summed E-state index contributed by atoms with van der Waals surface area (Å²) in [5.41, 5.74) is 0. The minimum atomic E-state index is 0.290. The third kappa shape index (κ3) is 3.72. The quantitative estimate of drug-likeness (QED) is 0.718. The Kier molecular flexibility index (Phi) is 4.62. The Balaban J connectivity index is 1.66. The average Bonchev–Trinajstić information content (AvgIpc) is 3.10. The van der Waals surface area contributed by atoms with E-state index in [0.29, 0.717) is 18.7 Å². The number of hydrogen-bond donors (Lipinski definition) is 2. The zero-order valence-corrected chi connectivity index (χ0v) is 10.5. The summed E-state index contributed by atoms with van der Waals surface area (Å²) in [4.78, 5) is 2.58. The number of aliphatic hydroxyl groups excluding tert-OH is 1. The molecule has 1 saturated heterocycles. The van der Waals surface area contributed by atoms with Gasteiger partial charge < -0.3 is 15.3 Å². The third-order valence-corrected chi connectivity index (χ3v) is 3.97. The second-order valence-electron chi connectivity index (χ2n) is 5.49. The van der Waals surface area contributed by atoms with Gasteiger partial charge in [-0.25, -0.2) is 0 Å². The highest BCUT2D eigenvalue weighted by atomic mass is 16.3. The van der Waals surface area contributed by atoms with Gasteiger partial charge in [0.1, 0.15) is 0 Å². The molecular weight excluding hydrogens is 200 g/mol. The molecule has 2 N–H and O–H groups in total. The van der Waals surface area contributed by atoms with Crippen molar-refractivity contribution in [3.8, 4) is 0 Å². The van der Waals surface area contributed by atoms with Crippen molar-refractivity contribution >= 4 is 0 Å². The monoisotopic (exact) mass is 226 g/mol. The van der Waals surface area contributed by atoms with Gasteiger partial charge in [-0.2, -0.15) is 0 Å². The Bertz CT molecular complexity index is 206. The molecule has 1 heterocycles. The summed E-state index contributed by atoms with van der Waals surface area (Å²) in [5, 5.41) is 12.8. The molecule has 0 aromatic carbocycles. The van der Waals surface area contributed by atoms with Crippen molar-refractivity contribution in [1.82, 2.24) is 10.2 Å². The van der Waals surface area contributed by atoms with Gasteiger partial charge in [0, 0.05) is 18.1 Å². The Morgan fingerprint density at radius 3 is 2.75 bits per heavy atom. The van der Waals surface area contributed by atoms with Crippen molar-refractivity contribution in [2.24, 2.45) is 0 Å². The van der Waals surface area contributed by atoms with Crippen molar-refractivity contribution in [3.05, 3.63) is 0 Å². The molecule has 0 spiro atoms. The topological polar surface area (TPSA) is 35.5 Å². The molecule has 0 aromatic heterocycles. The standard InChI is InChI=1S/C13H26N2O/c1-11-4-2-3-8-15(11)9-7-13(10-16)14-12-5-6-12/h11-14,16H,2-10H2,1H3. The van der Waals surface area contributed by atoms with E-state index in [1.54, 1.807) is 0 Å². The van der Waals surface area contributed by atoms with E-state index in [1.165, 1.54) is 38.6 Å². The van der Waals surface area contributed by atoms with Crippen molar-refractivity contribution in [2.75, 3.05) is 19.7 Å². The Morgan fingerprint density at radius 1 is 1.31 bits per heavy atom. The fraction of sp³-hybridized carbons (Fsp3) is 1.00. The molecule has 2 aliphatic rings. The fourth-order valence-electron chi connectivity index (χ4n) is 2.62. The van der Waals surface area contributed by atoms with Gasteiger partial charge in [-0.1, -0.05) is 6.42 Å². The van der Waals surface area contributed by atoms with Crippen LogP contribution in [-0.4, -0.2) is 47.8 Å². The minimum absolute atomic E-state index is 0.290. The molecule has 0 amide bonds. The van der Waals surface area contributed by atoms with Crippen LogP contribution < -0.4 is 5.32 Å². The molecule has 0 aromatic rings. The van der Waals surface area contributed by atoms with Crippen LogP contribution in [0.1, 0.15) is 45.4 Å². The fourth-order valence-corrected chi connectivity index (χ4v) is 2.62. The van der Waals surface area contributed by atoms with Crippen LogP contribution >= 0.6 is 0 Å². The Morgan fingerprint density at radius 2 is 2.12 bits per heavy atom. The third-order valence-electron chi connectivity index (χ3n) is 3.97. The maximum absolute atomic E-state index is 9.32. The second-order valence-corrected chi connectivity index (χ2v) is 5.49. The lowest BCUT2D eigenvalue weighted by atomic mass is 10.0. The summed E-state index contributed by atoms with van der Waals surface area (Å²) in [7, 11) is 0. The normalized spacial score (nSPS) is 29.2. The second kappa shape index (κ2) is 5.99. The maximum atomic E-state index is 9.32. The lowest BCUT2D eigenvalue weighted by Crippen LogP contribution is -2.42. The molecule has 1 aliphatic heterocycles. The molecule has 2 unspecified atom stereocenters. The number of rotatable bonds is 6. The summed E-state index contributed by atoms with van der Waals surface area (Å²) in [6.07, 6.45) is 7.79. The van der Waals surface area contributed by atoms with Gasteiger partial charge >= 0.3 is 0 Å². The first-order valence-electron chi connectivity index (χ1n) is 6.90.